The Morgan fingerprint density at radius 1 is 1.04 bits per heavy atom. The number of amides is 3. The standard InChI is InChI=1S/C17H22ClN3O5/c1-11(22)20-4-6-21(7-5-20)17(24)10-16(23)19-13-9-14(25-2)12(18)8-15(13)26-3/h8-9H,4-7,10H2,1-3H3,(H,19,23). The van der Waals surface area contributed by atoms with Gasteiger partial charge in [-0.1, -0.05) is 11.6 Å². The number of halogens is 1. The number of carbonyl (C=O) groups is 3. The number of benzene rings is 1. The molecular formula is C17H22ClN3O5. The number of carbonyl (C=O) groups excluding carboxylic acids is 3. The highest BCUT2D eigenvalue weighted by atomic mass is 35.5. The molecule has 26 heavy (non-hydrogen) atoms. The van der Waals surface area contributed by atoms with E-state index in [2.05, 4.69) is 5.32 Å². The maximum atomic E-state index is 12.3. The van der Waals surface area contributed by atoms with E-state index in [-0.39, 0.29) is 18.2 Å². The molecule has 0 aliphatic carbocycles. The number of piperazine rings is 1. The second-order valence-corrected chi connectivity index (χ2v) is 6.21. The van der Waals surface area contributed by atoms with E-state index >= 15 is 0 Å². The van der Waals surface area contributed by atoms with E-state index in [9.17, 15) is 14.4 Å². The molecule has 1 heterocycles. The van der Waals surface area contributed by atoms with E-state index in [4.69, 9.17) is 21.1 Å². The van der Waals surface area contributed by atoms with Gasteiger partial charge in [0.05, 0.1) is 24.9 Å². The molecule has 1 aromatic rings. The third-order valence-electron chi connectivity index (χ3n) is 4.14. The van der Waals surface area contributed by atoms with E-state index in [1.54, 1.807) is 9.80 Å². The number of nitrogens with one attached hydrogen (secondary N) is 1. The predicted molar refractivity (Wildman–Crippen MR) is 96.6 cm³/mol. The number of methoxy groups -OCH3 is 2. The first kappa shape index (κ1) is 19.8. The Kier molecular flexibility index (Phi) is 6.68. The summed E-state index contributed by atoms with van der Waals surface area (Å²) in [5.74, 6) is -0.0167. The molecule has 3 amide bonds. The summed E-state index contributed by atoms with van der Waals surface area (Å²) in [5.41, 5.74) is 0.368. The van der Waals surface area contributed by atoms with Crippen LogP contribution in [0.4, 0.5) is 5.69 Å². The summed E-state index contributed by atoms with van der Waals surface area (Å²) < 4.78 is 10.3. The van der Waals surface area contributed by atoms with Gasteiger partial charge in [-0.05, 0) is 0 Å². The molecule has 8 nitrogen and oxygen atoms in total. The molecule has 0 spiro atoms. The van der Waals surface area contributed by atoms with Crippen molar-refractivity contribution < 1.29 is 23.9 Å². The molecule has 9 heteroatoms. The molecule has 0 unspecified atom stereocenters. The van der Waals surface area contributed by atoms with Crippen molar-refractivity contribution >= 4 is 35.0 Å². The van der Waals surface area contributed by atoms with Crippen molar-refractivity contribution in [3.8, 4) is 11.5 Å². The average Bonchev–Trinajstić information content (AvgIpc) is 2.62. The van der Waals surface area contributed by atoms with Crippen molar-refractivity contribution in [2.24, 2.45) is 0 Å². The lowest BCUT2D eigenvalue weighted by molar-refractivity contribution is -0.140. The van der Waals surface area contributed by atoms with Crippen molar-refractivity contribution in [3.05, 3.63) is 17.2 Å². The zero-order valence-electron chi connectivity index (χ0n) is 15.0. The number of hydrogen-bond acceptors (Lipinski definition) is 5. The smallest absolute Gasteiger partial charge is 0.233 e. The molecule has 1 aromatic carbocycles. The Bertz CT molecular complexity index is 702. The minimum absolute atomic E-state index is 0.0152. The zero-order chi connectivity index (χ0) is 19.3. The number of anilines is 1. The van der Waals surface area contributed by atoms with Crippen molar-refractivity contribution in [3.63, 3.8) is 0 Å². The van der Waals surface area contributed by atoms with E-state index in [1.807, 2.05) is 0 Å². The van der Waals surface area contributed by atoms with Gasteiger partial charge < -0.3 is 24.6 Å². The SMILES string of the molecule is COc1cc(NC(=O)CC(=O)N2CCN(C(C)=O)CC2)c(OC)cc1Cl. The molecule has 0 bridgehead atoms. The first-order valence-electron chi connectivity index (χ1n) is 8.10. The summed E-state index contributed by atoms with van der Waals surface area (Å²) in [6.07, 6.45) is -0.297. The van der Waals surface area contributed by atoms with Gasteiger partial charge in [0.2, 0.25) is 17.7 Å². The Morgan fingerprint density at radius 3 is 2.15 bits per heavy atom. The van der Waals surface area contributed by atoms with E-state index in [1.165, 1.54) is 33.3 Å². The molecule has 142 valence electrons. The third kappa shape index (κ3) is 4.78. The highest BCUT2D eigenvalue weighted by molar-refractivity contribution is 6.32. The topological polar surface area (TPSA) is 88.2 Å². The molecule has 0 radical (unpaired) electrons. The molecule has 1 fully saturated rings. The Morgan fingerprint density at radius 2 is 1.62 bits per heavy atom. The molecule has 1 N–H and O–H groups in total. The van der Waals surface area contributed by atoms with Gasteiger partial charge in [0.1, 0.15) is 17.9 Å². The molecule has 0 aromatic heterocycles. The normalized spacial score (nSPS) is 14.0. The highest BCUT2D eigenvalue weighted by Crippen LogP contribution is 2.35. The van der Waals surface area contributed by atoms with Gasteiger partial charge in [-0.25, -0.2) is 0 Å². The lowest BCUT2D eigenvalue weighted by Gasteiger charge is -2.34. The fourth-order valence-electron chi connectivity index (χ4n) is 2.67. The lowest BCUT2D eigenvalue weighted by Crippen LogP contribution is -2.50. The van der Waals surface area contributed by atoms with Gasteiger partial charge in [-0.15, -0.1) is 0 Å². The first-order chi connectivity index (χ1) is 12.3. The first-order valence-corrected chi connectivity index (χ1v) is 8.48. The minimum atomic E-state index is -0.466. The fourth-order valence-corrected chi connectivity index (χ4v) is 2.90. The van der Waals surface area contributed by atoms with Gasteiger partial charge in [-0.3, -0.25) is 14.4 Å². The summed E-state index contributed by atoms with van der Waals surface area (Å²) in [5, 5.41) is 2.99. The molecule has 0 atom stereocenters. The van der Waals surface area contributed by atoms with E-state index in [0.717, 1.165) is 0 Å². The molecule has 1 saturated heterocycles. The van der Waals surface area contributed by atoms with Crippen LogP contribution in [0.1, 0.15) is 13.3 Å². The largest absolute Gasteiger partial charge is 0.495 e. The van der Waals surface area contributed by atoms with Crippen molar-refractivity contribution in [1.82, 2.24) is 9.80 Å². The van der Waals surface area contributed by atoms with Crippen LogP contribution in [0, 0.1) is 0 Å². The van der Waals surface area contributed by atoms with E-state index < -0.39 is 5.91 Å². The van der Waals surface area contributed by atoms with Gasteiger partial charge in [0.25, 0.3) is 0 Å². The minimum Gasteiger partial charge on any atom is -0.495 e. The maximum absolute atomic E-state index is 12.3. The van der Waals surface area contributed by atoms with Gasteiger partial charge in [-0.2, -0.15) is 0 Å². The van der Waals surface area contributed by atoms with Gasteiger partial charge >= 0.3 is 0 Å². The summed E-state index contributed by atoms with van der Waals surface area (Å²) in [4.78, 5) is 39.1. The summed E-state index contributed by atoms with van der Waals surface area (Å²) in [6.45, 7) is 3.29. The van der Waals surface area contributed by atoms with Crippen LogP contribution in [0.15, 0.2) is 12.1 Å². The van der Waals surface area contributed by atoms with Crippen LogP contribution in [-0.4, -0.2) is 67.9 Å². The van der Waals surface area contributed by atoms with Crippen molar-refractivity contribution in [2.45, 2.75) is 13.3 Å². The lowest BCUT2D eigenvalue weighted by atomic mass is 10.2. The van der Waals surface area contributed by atoms with Crippen LogP contribution in [0.25, 0.3) is 0 Å². The average molecular weight is 384 g/mol. The van der Waals surface area contributed by atoms with Crippen LogP contribution >= 0.6 is 11.6 Å². The predicted octanol–water partition coefficient (Wildman–Crippen LogP) is 1.38. The Hall–Kier alpha value is -2.48. The van der Waals surface area contributed by atoms with Crippen LogP contribution in [0.5, 0.6) is 11.5 Å². The molecule has 1 aliphatic rings. The Labute approximate surface area is 157 Å². The highest BCUT2D eigenvalue weighted by Gasteiger charge is 2.24. The summed E-state index contributed by atoms with van der Waals surface area (Å²) >= 11 is 6.03. The number of rotatable bonds is 5. The quantitative estimate of drug-likeness (QED) is 0.776. The molecule has 2 rings (SSSR count). The van der Waals surface area contributed by atoms with Gasteiger partial charge in [0.15, 0.2) is 0 Å². The van der Waals surface area contributed by atoms with Crippen LogP contribution in [-0.2, 0) is 14.4 Å². The zero-order valence-corrected chi connectivity index (χ0v) is 15.8. The van der Waals surface area contributed by atoms with Crippen LogP contribution in [0.3, 0.4) is 0 Å². The second-order valence-electron chi connectivity index (χ2n) is 5.80. The van der Waals surface area contributed by atoms with Crippen molar-refractivity contribution in [1.29, 1.82) is 0 Å². The summed E-state index contributed by atoms with van der Waals surface area (Å²) in [6, 6.07) is 3.06. The molecule has 0 saturated carbocycles. The number of nitrogens with zero attached hydrogens (tertiary/aromatic N) is 2. The Balaban J connectivity index is 1.96. The maximum Gasteiger partial charge on any atom is 0.233 e. The van der Waals surface area contributed by atoms with Crippen LogP contribution < -0.4 is 14.8 Å². The summed E-state index contributed by atoms with van der Waals surface area (Å²) in [7, 11) is 2.91. The molecule has 1 aliphatic heterocycles. The fraction of sp³-hybridized carbons (Fsp3) is 0.471. The van der Waals surface area contributed by atoms with Crippen LogP contribution in [0.2, 0.25) is 5.02 Å². The monoisotopic (exact) mass is 383 g/mol. The van der Waals surface area contributed by atoms with E-state index in [0.29, 0.717) is 48.4 Å². The number of hydrogen-bond donors (Lipinski definition) is 1. The second kappa shape index (κ2) is 8.75. The number of ether oxygens (including phenoxy) is 2. The van der Waals surface area contributed by atoms with Gasteiger partial charge in [0, 0.05) is 45.2 Å². The van der Waals surface area contributed by atoms with Crippen molar-refractivity contribution in [2.75, 3.05) is 45.7 Å². The third-order valence-corrected chi connectivity index (χ3v) is 4.43. The molecular weight excluding hydrogens is 362 g/mol.